The third-order valence-corrected chi connectivity index (χ3v) is 4.56. The number of Topliss-reactive ketones (excluding diaryl/α,β-unsaturated/α-hetero) is 2. The van der Waals surface area contributed by atoms with E-state index in [1.807, 2.05) is 0 Å². The Kier molecular flexibility index (Phi) is 6.50. The highest BCUT2D eigenvalue weighted by Gasteiger charge is 2.27. The molecule has 2 N–H and O–H groups in total. The first kappa shape index (κ1) is 17.6. The molecule has 0 bridgehead atoms. The van der Waals surface area contributed by atoms with E-state index in [0.29, 0.717) is 0 Å². The number of ketones is 2. The molecule has 0 heterocycles. The lowest BCUT2D eigenvalue weighted by atomic mass is 10.0. The number of carbonyl (C=O) groups is 2. The van der Waals surface area contributed by atoms with E-state index in [1.165, 1.54) is 0 Å². The topological polar surface area (TPSA) is 74.6 Å². The number of aromatic hydroxyl groups is 2. The Balaban J connectivity index is 3.52. The van der Waals surface area contributed by atoms with Crippen LogP contribution < -0.4 is 0 Å². The zero-order valence-electron chi connectivity index (χ0n) is 8.83. The van der Waals surface area contributed by atoms with E-state index >= 15 is 0 Å². The first-order valence-electron chi connectivity index (χ1n) is 4.57. The van der Waals surface area contributed by atoms with Gasteiger partial charge in [-0.2, -0.15) is 0 Å². The molecule has 0 fully saturated rings. The Labute approximate surface area is 150 Å². The van der Waals surface area contributed by atoms with Crippen LogP contribution in [0.3, 0.4) is 0 Å². The summed E-state index contributed by atoms with van der Waals surface area (Å²) in [5, 5.41) is 19.7. The summed E-state index contributed by atoms with van der Waals surface area (Å²) in [5.41, 5.74) is -0.181. The van der Waals surface area contributed by atoms with E-state index < -0.39 is 30.5 Å². The van der Waals surface area contributed by atoms with E-state index in [4.69, 9.17) is 0 Å². The second kappa shape index (κ2) is 7.02. The molecule has 0 unspecified atom stereocenters. The Bertz CT molecular complexity index is 497. The van der Waals surface area contributed by atoms with Crippen molar-refractivity contribution >= 4 is 91.2 Å². The zero-order chi connectivity index (χ0) is 14.9. The summed E-state index contributed by atoms with van der Waals surface area (Å²) >= 11 is 15.0. The summed E-state index contributed by atoms with van der Waals surface area (Å²) in [6.07, 6.45) is 0. The Morgan fingerprint density at radius 1 is 0.895 bits per heavy atom. The number of carbonyl (C=O) groups excluding carboxylic acids is 2. The van der Waals surface area contributed by atoms with Gasteiger partial charge in [-0.15, -0.1) is 0 Å². The van der Waals surface area contributed by atoms with Gasteiger partial charge in [-0.1, -0.05) is 63.7 Å². The number of hydrogen-bond donors (Lipinski definition) is 2. The smallest absolute Gasteiger partial charge is 0.190 e. The number of phenolic OH excluding ortho intramolecular Hbond substituents is 2. The summed E-state index contributed by atoms with van der Waals surface area (Å²) in [7, 11) is 0. The minimum atomic E-state index is -0.714. The van der Waals surface area contributed by atoms with Crippen LogP contribution in [0.15, 0.2) is 10.5 Å². The second-order valence-corrected chi connectivity index (χ2v) is 10.2. The number of hydrogen-bond acceptors (Lipinski definition) is 4. The first-order valence-corrected chi connectivity index (χ1v) is 9.03. The van der Waals surface area contributed by atoms with Crippen LogP contribution in [-0.4, -0.2) is 29.3 Å². The molecular formula is C10H5Br5O4. The molecule has 104 valence electrons. The van der Waals surface area contributed by atoms with Gasteiger partial charge >= 0.3 is 0 Å². The quantitative estimate of drug-likeness (QED) is 0.403. The highest BCUT2D eigenvalue weighted by Crippen LogP contribution is 2.41. The second-order valence-electron chi connectivity index (χ2n) is 3.31. The van der Waals surface area contributed by atoms with Crippen molar-refractivity contribution in [2.75, 3.05) is 0 Å². The fourth-order valence-corrected chi connectivity index (χ4v) is 2.65. The fraction of sp³-hybridized carbons (Fsp3) is 0.200. The van der Waals surface area contributed by atoms with Crippen LogP contribution >= 0.6 is 79.6 Å². The van der Waals surface area contributed by atoms with Gasteiger partial charge in [0, 0.05) is 0 Å². The lowest BCUT2D eigenvalue weighted by Crippen LogP contribution is -2.12. The maximum Gasteiger partial charge on any atom is 0.190 e. The molecule has 0 aliphatic rings. The average molecular weight is 589 g/mol. The van der Waals surface area contributed by atoms with Crippen LogP contribution in [0.4, 0.5) is 0 Å². The molecule has 0 saturated heterocycles. The lowest BCUT2D eigenvalue weighted by Gasteiger charge is -2.12. The Morgan fingerprint density at radius 2 is 1.21 bits per heavy atom. The highest BCUT2D eigenvalue weighted by atomic mass is 79.9. The van der Waals surface area contributed by atoms with Crippen LogP contribution in [-0.2, 0) is 0 Å². The molecule has 9 heteroatoms. The molecule has 1 aromatic rings. The van der Waals surface area contributed by atoms with Crippen molar-refractivity contribution in [1.29, 1.82) is 0 Å². The third-order valence-electron chi connectivity index (χ3n) is 2.14. The molecule has 0 aliphatic carbocycles. The minimum absolute atomic E-state index is 0.0903. The van der Waals surface area contributed by atoms with Gasteiger partial charge in [-0.05, 0) is 22.0 Å². The van der Waals surface area contributed by atoms with Crippen molar-refractivity contribution in [2.45, 2.75) is 7.47 Å². The molecular weight excluding hydrogens is 584 g/mol. The molecule has 0 aromatic heterocycles. The molecule has 0 spiro atoms. The van der Waals surface area contributed by atoms with Gasteiger partial charge in [0.15, 0.2) is 11.6 Å². The first-order chi connectivity index (χ1) is 8.68. The van der Waals surface area contributed by atoms with Crippen LogP contribution in [0.5, 0.6) is 11.5 Å². The monoisotopic (exact) mass is 584 g/mol. The van der Waals surface area contributed by atoms with Crippen LogP contribution in [0, 0.1) is 0 Å². The average Bonchev–Trinajstić information content (AvgIpc) is 2.34. The van der Waals surface area contributed by atoms with Crippen molar-refractivity contribution in [3.8, 4) is 11.5 Å². The van der Waals surface area contributed by atoms with E-state index in [1.54, 1.807) is 0 Å². The van der Waals surface area contributed by atoms with E-state index in [9.17, 15) is 19.8 Å². The standard InChI is InChI=1S/C10H5Br5O4/c11-4-5(16)2(7(18)9(12)13)1-3(6(4)17)8(19)10(14)15/h1,9-10,16-17H. The van der Waals surface area contributed by atoms with Crippen molar-refractivity contribution in [2.24, 2.45) is 0 Å². The van der Waals surface area contributed by atoms with Crippen molar-refractivity contribution in [3.63, 3.8) is 0 Å². The molecule has 0 saturated carbocycles. The maximum atomic E-state index is 11.9. The van der Waals surface area contributed by atoms with Gasteiger partial charge < -0.3 is 10.2 Å². The molecule has 1 aromatic carbocycles. The van der Waals surface area contributed by atoms with Crippen LogP contribution in [0.25, 0.3) is 0 Å². The van der Waals surface area contributed by atoms with E-state index in [0.717, 1.165) is 6.07 Å². The van der Waals surface area contributed by atoms with Crippen LogP contribution in [0.1, 0.15) is 20.7 Å². The number of phenols is 2. The van der Waals surface area contributed by atoms with Gasteiger partial charge in [0.05, 0.1) is 11.1 Å². The van der Waals surface area contributed by atoms with Gasteiger partial charge in [0.2, 0.25) is 0 Å². The summed E-state index contributed by atoms with van der Waals surface area (Å²) in [6, 6.07) is 1.14. The number of alkyl halides is 4. The normalized spacial score (nSPS) is 11.1. The molecule has 0 radical (unpaired) electrons. The largest absolute Gasteiger partial charge is 0.506 e. The van der Waals surface area contributed by atoms with Crippen molar-refractivity contribution in [1.82, 2.24) is 0 Å². The third kappa shape index (κ3) is 3.81. The Morgan fingerprint density at radius 3 is 1.47 bits per heavy atom. The van der Waals surface area contributed by atoms with Crippen molar-refractivity contribution < 1.29 is 19.8 Å². The summed E-state index contributed by atoms with van der Waals surface area (Å²) in [6.45, 7) is 0. The highest BCUT2D eigenvalue weighted by molar-refractivity contribution is 9.25. The molecule has 0 atom stereocenters. The number of benzene rings is 1. The van der Waals surface area contributed by atoms with Gasteiger partial charge in [0.1, 0.15) is 23.4 Å². The molecule has 19 heavy (non-hydrogen) atoms. The molecule has 4 nitrogen and oxygen atoms in total. The number of halogens is 5. The van der Waals surface area contributed by atoms with Gasteiger partial charge in [-0.3, -0.25) is 9.59 Å². The predicted molar refractivity (Wildman–Crippen MR) is 89.4 cm³/mol. The zero-order valence-corrected chi connectivity index (χ0v) is 16.8. The number of rotatable bonds is 4. The predicted octanol–water partition coefficient (Wildman–Crippen LogP) is 4.46. The molecule has 1 rings (SSSR count). The van der Waals surface area contributed by atoms with Crippen molar-refractivity contribution in [3.05, 3.63) is 21.7 Å². The minimum Gasteiger partial charge on any atom is -0.506 e. The summed E-state index contributed by atoms with van der Waals surface area (Å²) < 4.78 is -1.54. The van der Waals surface area contributed by atoms with E-state index in [2.05, 4.69) is 79.6 Å². The lowest BCUT2D eigenvalue weighted by molar-refractivity contribution is 0.101. The molecule has 0 amide bonds. The maximum absolute atomic E-state index is 11.9. The van der Waals surface area contributed by atoms with E-state index in [-0.39, 0.29) is 15.6 Å². The van der Waals surface area contributed by atoms with Gasteiger partial charge in [0.25, 0.3) is 0 Å². The summed E-state index contributed by atoms with van der Waals surface area (Å²) in [4.78, 5) is 23.8. The molecule has 0 aliphatic heterocycles. The Hall–Kier alpha value is 0.560. The van der Waals surface area contributed by atoms with Crippen LogP contribution in [0.2, 0.25) is 0 Å². The van der Waals surface area contributed by atoms with Gasteiger partial charge in [-0.25, -0.2) is 0 Å². The fourth-order valence-electron chi connectivity index (χ4n) is 1.24. The SMILES string of the molecule is O=C(c1cc(C(=O)C(Br)Br)c(O)c(Br)c1O)C(Br)Br. The summed E-state index contributed by atoms with van der Waals surface area (Å²) in [5.74, 6) is -1.81.